The Labute approximate surface area is 95.0 Å². The molecule has 1 N–H and O–H groups in total. The zero-order chi connectivity index (χ0) is 11.5. The Bertz CT molecular complexity index is 474. The van der Waals surface area contributed by atoms with Crippen molar-refractivity contribution >= 4 is 11.6 Å². The molecule has 0 saturated carbocycles. The van der Waals surface area contributed by atoms with Crippen LogP contribution >= 0.6 is 11.6 Å². The molecule has 6 heteroatoms. The largest absolute Gasteiger partial charge is 0.435 e. The van der Waals surface area contributed by atoms with Gasteiger partial charge in [0.15, 0.2) is 0 Å². The lowest BCUT2D eigenvalue weighted by Gasteiger charge is -2.06. The minimum Gasteiger partial charge on any atom is -0.435 e. The monoisotopic (exact) mass is 244 g/mol. The van der Waals surface area contributed by atoms with Crippen LogP contribution in [0.15, 0.2) is 30.6 Å². The van der Waals surface area contributed by atoms with E-state index in [4.69, 9.17) is 11.6 Å². The predicted molar refractivity (Wildman–Crippen MR) is 55.7 cm³/mol. The van der Waals surface area contributed by atoms with Crippen molar-refractivity contribution in [2.75, 3.05) is 0 Å². The first-order valence-corrected chi connectivity index (χ1v) is 4.77. The lowest BCUT2D eigenvalue weighted by molar-refractivity contribution is -0.0498. The van der Waals surface area contributed by atoms with Gasteiger partial charge >= 0.3 is 6.61 Å². The second kappa shape index (κ2) is 4.49. The van der Waals surface area contributed by atoms with Gasteiger partial charge in [0, 0.05) is 16.8 Å². The molecule has 16 heavy (non-hydrogen) atoms. The van der Waals surface area contributed by atoms with Gasteiger partial charge < -0.3 is 4.74 Å². The Morgan fingerprint density at radius 1 is 1.25 bits per heavy atom. The summed E-state index contributed by atoms with van der Waals surface area (Å²) in [7, 11) is 0. The zero-order valence-electron chi connectivity index (χ0n) is 7.95. The fraction of sp³-hybridized carbons (Fsp3) is 0.100. The van der Waals surface area contributed by atoms with E-state index in [0.717, 1.165) is 5.56 Å². The molecule has 0 aliphatic rings. The maximum atomic E-state index is 12.0. The van der Waals surface area contributed by atoms with Crippen LogP contribution in [0.3, 0.4) is 0 Å². The zero-order valence-corrected chi connectivity index (χ0v) is 8.71. The van der Waals surface area contributed by atoms with Gasteiger partial charge in [-0.3, -0.25) is 5.10 Å². The minimum atomic E-state index is -2.87. The lowest BCUT2D eigenvalue weighted by atomic mass is 10.1. The van der Waals surface area contributed by atoms with Crippen LogP contribution in [0.2, 0.25) is 5.02 Å². The van der Waals surface area contributed by atoms with E-state index in [0.29, 0.717) is 10.6 Å². The summed E-state index contributed by atoms with van der Waals surface area (Å²) in [6, 6.07) is 4.45. The van der Waals surface area contributed by atoms with Gasteiger partial charge in [-0.15, -0.1) is 0 Å². The minimum absolute atomic E-state index is 0.0266. The first kappa shape index (κ1) is 10.9. The molecule has 0 bridgehead atoms. The molecule has 1 heterocycles. The molecule has 1 aromatic carbocycles. The molecule has 3 nitrogen and oxygen atoms in total. The van der Waals surface area contributed by atoms with Gasteiger partial charge in [-0.25, -0.2) is 0 Å². The van der Waals surface area contributed by atoms with E-state index in [9.17, 15) is 8.78 Å². The molecule has 0 amide bonds. The standard InChI is InChI=1S/C10H7ClF2N2O/c11-8-1-6(7-4-14-15-5-7)2-9(3-8)16-10(12)13/h1-5,10H,(H,14,15). The van der Waals surface area contributed by atoms with Gasteiger partial charge in [0.2, 0.25) is 0 Å². The van der Waals surface area contributed by atoms with Crippen molar-refractivity contribution < 1.29 is 13.5 Å². The van der Waals surface area contributed by atoms with Crippen molar-refractivity contribution in [3.63, 3.8) is 0 Å². The maximum absolute atomic E-state index is 12.0. The van der Waals surface area contributed by atoms with Crippen LogP contribution in [0.5, 0.6) is 5.75 Å². The summed E-state index contributed by atoms with van der Waals surface area (Å²) < 4.78 is 28.4. The highest BCUT2D eigenvalue weighted by atomic mass is 35.5. The molecule has 0 aliphatic heterocycles. The number of aromatic amines is 1. The Balaban J connectivity index is 2.36. The number of aromatic nitrogens is 2. The second-order valence-electron chi connectivity index (χ2n) is 3.04. The molecule has 1 aromatic heterocycles. The van der Waals surface area contributed by atoms with Crippen molar-refractivity contribution in [3.05, 3.63) is 35.6 Å². The molecular formula is C10H7ClF2N2O. The van der Waals surface area contributed by atoms with E-state index in [-0.39, 0.29) is 5.75 Å². The van der Waals surface area contributed by atoms with E-state index in [1.165, 1.54) is 12.1 Å². The molecule has 0 atom stereocenters. The third-order valence-corrected chi connectivity index (χ3v) is 2.15. The van der Waals surface area contributed by atoms with Crippen molar-refractivity contribution in [2.24, 2.45) is 0 Å². The van der Waals surface area contributed by atoms with Gasteiger partial charge in [0.1, 0.15) is 5.75 Å². The topological polar surface area (TPSA) is 37.9 Å². The molecule has 0 fully saturated rings. The Hall–Kier alpha value is -1.62. The molecule has 2 rings (SSSR count). The van der Waals surface area contributed by atoms with Crippen LogP contribution in [-0.2, 0) is 0 Å². The number of halogens is 3. The summed E-state index contributed by atoms with van der Waals surface area (Å²) in [5, 5.41) is 6.72. The number of H-pyrrole nitrogens is 1. The summed E-state index contributed by atoms with van der Waals surface area (Å²) in [5.41, 5.74) is 1.42. The van der Waals surface area contributed by atoms with Crippen molar-refractivity contribution in [3.8, 4) is 16.9 Å². The Morgan fingerprint density at radius 3 is 2.69 bits per heavy atom. The molecule has 0 saturated heterocycles. The van der Waals surface area contributed by atoms with Crippen LogP contribution in [0, 0.1) is 0 Å². The van der Waals surface area contributed by atoms with Crippen LogP contribution in [0.1, 0.15) is 0 Å². The van der Waals surface area contributed by atoms with Crippen molar-refractivity contribution in [1.29, 1.82) is 0 Å². The van der Waals surface area contributed by atoms with Crippen molar-refractivity contribution in [1.82, 2.24) is 10.2 Å². The number of nitrogens with one attached hydrogen (secondary N) is 1. The number of hydrogen-bond donors (Lipinski definition) is 1. The van der Waals surface area contributed by atoms with Crippen LogP contribution in [0.4, 0.5) is 8.78 Å². The van der Waals surface area contributed by atoms with E-state index < -0.39 is 6.61 Å². The number of ether oxygens (including phenoxy) is 1. The SMILES string of the molecule is FC(F)Oc1cc(Cl)cc(-c2cn[nH]c2)c1. The first-order chi connectivity index (χ1) is 7.65. The summed E-state index contributed by atoms with van der Waals surface area (Å²) in [5.74, 6) is 0.0266. The number of rotatable bonds is 3. The Kier molecular flexibility index (Phi) is 3.05. The van der Waals surface area contributed by atoms with E-state index in [1.54, 1.807) is 18.5 Å². The maximum Gasteiger partial charge on any atom is 0.387 e. The van der Waals surface area contributed by atoms with Gasteiger partial charge in [0.25, 0.3) is 0 Å². The molecule has 2 aromatic rings. The number of nitrogens with zero attached hydrogens (tertiary/aromatic N) is 1. The summed E-state index contributed by atoms with van der Waals surface area (Å²) in [4.78, 5) is 0. The first-order valence-electron chi connectivity index (χ1n) is 4.40. The van der Waals surface area contributed by atoms with Gasteiger partial charge in [-0.2, -0.15) is 13.9 Å². The third-order valence-electron chi connectivity index (χ3n) is 1.93. The molecular weight excluding hydrogens is 238 g/mol. The van der Waals surface area contributed by atoms with E-state index in [2.05, 4.69) is 14.9 Å². The number of benzene rings is 1. The molecule has 0 spiro atoms. The van der Waals surface area contributed by atoms with E-state index in [1.807, 2.05) is 0 Å². The molecule has 84 valence electrons. The average Bonchev–Trinajstić information content (AvgIpc) is 2.67. The highest BCUT2D eigenvalue weighted by Gasteiger charge is 2.08. The number of alkyl halides is 2. The second-order valence-corrected chi connectivity index (χ2v) is 3.48. The summed E-state index contributed by atoms with van der Waals surface area (Å²) >= 11 is 5.79. The fourth-order valence-corrected chi connectivity index (χ4v) is 1.53. The highest BCUT2D eigenvalue weighted by molar-refractivity contribution is 6.31. The average molecular weight is 245 g/mol. The normalized spacial score (nSPS) is 10.8. The van der Waals surface area contributed by atoms with E-state index >= 15 is 0 Å². The summed E-state index contributed by atoms with van der Waals surface area (Å²) in [6.07, 6.45) is 3.20. The lowest BCUT2D eigenvalue weighted by Crippen LogP contribution is -2.01. The van der Waals surface area contributed by atoms with Crippen LogP contribution < -0.4 is 4.74 Å². The van der Waals surface area contributed by atoms with Gasteiger partial charge in [0.05, 0.1) is 6.20 Å². The smallest absolute Gasteiger partial charge is 0.387 e. The molecule has 0 aliphatic carbocycles. The Morgan fingerprint density at radius 2 is 2.06 bits per heavy atom. The van der Waals surface area contributed by atoms with Gasteiger partial charge in [-0.1, -0.05) is 11.6 Å². The highest BCUT2D eigenvalue weighted by Crippen LogP contribution is 2.28. The van der Waals surface area contributed by atoms with Crippen molar-refractivity contribution in [2.45, 2.75) is 6.61 Å². The quantitative estimate of drug-likeness (QED) is 0.899. The number of hydrogen-bond acceptors (Lipinski definition) is 2. The fourth-order valence-electron chi connectivity index (χ4n) is 1.31. The summed E-state index contributed by atoms with van der Waals surface area (Å²) in [6.45, 7) is -2.87. The van der Waals surface area contributed by atoms with Crippen LogP contribution in [0.25, 0.3) is 11.1 Å². The molecule has 0 radical (unpaired) electrons. The molecule has 0 unspecified atom stereocenters. The predicted octanol–water partition coefficient (Wildman–Crippen LogP) is 3.33. The van der Waals surface area contributed by atoms with Crippen LogP contribution in [-0.4, -0.2) is 16.8 Å². The van der Waals surface area contributed by atoms with Gasteiger partial charge in [-0.05, 0) is 23.8 Å². The third kappa shape index (κ3) is 2.49.